The molecule has 0 N–H and O–H groups in total. The molecule has 104 valence electrons. The maximum absolute atomic E-state index is 5.69. The number of rotatable bonds is 2. The van der Waals surface area contributed by atoms with E-state index in [1.54, 1.807) is 6.20 Å². The Labute approximate surface area is 128 Å². The van der Waals surface area contributed by atoms with Crippen molar-refractivity contribution in [2.75, 3.05) is 0 Å². The first-order valence-electron chi connectivity index (χ1n) is 6.84. The van der Waals surface area contributed by atoms with Gasteiger partial charge in [0.25, 0.3) is 5.89 Å². The minimum Gasteiger partial charge on any atom is -0.332 e. The molecule has 0 aliphatic rings. The van der Waals surface area contributed by atoms with Crippen LogP contribution in [0.2, 0.25) is 0 Å². The van der Waals surface area contributed by atoms with Crippen LogP contribution in [0.4, 0.5) is 0 Å². The summed E-state index contributed by atoms with van der Waals surface area (Å²) in [5.41, 5.74) is 4.30. The third-order valence-corrected chi connectivity index (χ3v) is 3.47. The summed E-state index contributed by atoms with van der Waals surface area (Å²) in [4.78, 5) is 8.80. The van der Waals surface area contributed by atoms with Crippen molar-refractivity contribution in [1.29, 1.82) is 0 Å². The number of aryl methyl sites for hydroxylation is 1. The highest BCUT2D eigenvalue weighted by Gasteiger charge is 2.14. The van der Waals surface area contributed by atoms with Crippen LogP contribution >= 0.6 is 0 Å². The molecule has 0 aliphatic heterocycles. The maximum Gasteiger partial charge on any atom is 0.276 e. The molecule has 0 saturated heterocycles. The van der Waals surface area contributed by atoms with Crippen LogP contribution in [0.15, 0.2) is 53.3 Å². The number of imidazole rings is 1. The van der Waals surface area contributed by atoms with Gasteiger partial charge < -0.3 is 4.52 Å². The van der Waals surface area contributed by atoms with Gasteiger partial charge in [-0.3, -0.25) is 4.40 Å². The SMILES string of the molecule is [B]c1ccc(-c2noc(-c3cnc4ccc(C)cn34)n2)cc1. The van der Waals surface area contributed by atoms with Crippen molar-refractivity contribution in [2.45, 2.75) is 6.92 Å². The summed E-state index contributed by atoms with van der Waals surface area (Å²) in [5.74, 6) is 0.961. The standard InChI is InChI=1S/C16H11BN4O/c1-10-2-7-14-18-8-13(21(14)9-10)16-19-15(20-22-16)11-3-5-12(17)6-4-11/h2-9H,1H3. The third kappa shape index (κ3) is 2.09. The van der Waals surface area contributed by atoms with Crippen molar-refractivity contribution in [2.24, 2.45) is 0 Å². The van der Waals surface area contributed by atoms with E-state index in [2.05, 4.69) is 15.1 Å². The summed E-state index contributed by atoms with van der Waals surface area (Å²) < 4.78 is 7.33. The molecule has 0 aliphatic carbocycles. The molecular weight excluding hydrogens is 275 g/mol. The molecule has 2 radical (unpaired) electrons. The van der Waals surface area contributed by atoms with Gasteiger partial charge in [0, 0.05) is 11.8 Å². The summed E-state index contributed by atoms with van der Waals surface area (Å²) in [7, 11) is 5.69. The summed E-state index contributed by atoms with van der Waals surface area (Å²) in [6, 6.07) is 11.3. The Hall–Kier alpha value is -2.89. The zero-order valence-corrected chi connectivity index (χ0v) is 11.9. The van der Waals surface area contributed by atoms with E-state index < -0.39 is 0 Å². The second-order valence-corrected chi connectivity index (χ2v) is 5.12. The average Bonchev–Trinajstić information content (AvgIpc) is 3.14. The van der Waals surface area contributed by atoms with Crippen molar-refractivity contribution in [3.05, 3.63) is 54.4 Å². The average molecular weight is 286 g/mol. The lowest BCUT2D eigenvalue weighted by atomic mass is 9.95. The highest BCUT2D eigenvalue weighted by atomic mass is 16.5. The predicted octanol–water partition coefficient (Wildman–Crippen LogP) is 2.15. The fourth-order valence-electron chi connectivity index (χ4n) is 2.32. The maximum atomic E-state index is 5.69. The molecule has 0 fully saturated rings. The lowest BCUT2D eigenvalue weighted by Gasteiger charge is -1.98. The van der Waals surface area contributed by atoms with Gasteiger partial charge >= 0.3 is 0 Å². The summed E-state index contributed by atoms with van der Waals surface area (Å²) in [6.45, 7) is 2.02. The van der Waals surface area contributed by atoms with Gasteiger partial charge in [-0.05, 0) is 18.6 Å². The molecule has 0 atom stereocenters. The smallest absolute Gasteiger partial charge is 0.276 e. The molecule has 0 saturated carbocycles. The third-order valence-electron chi connectivity index (χ3n) is 3.47. The molecule has 3 heterocycles. The molecule has 4 aromatic rings. The second kappa shape index (κ2) is 4.84. The Bertz CT molecular complexity index is 956. The second-order valence-electron chi connectivity index (χ2n) is 5.12. The highest BCUT2D eigenvalue weighted by Crippen LogP contribution is 2.23. The monoisotopic (exact) mass is 286 g/mol. The van der Waals surface area contributed by atoms with Crippen molar-refractivity contribution >= 4 is 19.0 Å². The van der Waals surface area contributed by atoms with Crippen LogP contribution < -0.4 is 5.46 Å². The van der Waals surface area contributed by atoms with E-state index >= 15 is 0 Å². The van der Waals surface area contributed by atoms with Crippen LogP contribution in [0.3, 0.4) is 0 Å². The van der Waals surface area contributed by atoms with Crippen LogP contribution in [0.5, 0.6) is 0 Å². The van der Waals surface area contributed by atoms with Gasteiger partial charge in [0.15, 0.2) is 0 Å². The van der Waals surface area contributed by atoms with Gasteiger partial charge in [0.2, 0.25) is 5.82 Å². The Morgan fingerprint density at radius 1 is 1.09 bits per heavy atom. The molecule has 1 aromatic carbocycles. The van der Waals surface area contributed by atoms with Crippen molar-refractivity contribution in [3.8, 4) is 23.0 Å². The van der Waals surface area contributed by atoms with Gasteiger partial charge in [0.05, 0.1) is 6.20 Å². The molecule has 5 nitrogen and oxygen atoms in total. The topological polar surface area (TPSA) is 56.2 Å². The van der Waals surface area contributed by atoms with Crippen molar-refractivity contribution in [1.82, 2.24) is 19.5 Å². The Morgan fingerprint density at radius 3 is 2.73 bits per heavy atom. The molecule has 4 rings (SSSR count). The summed E-state index contributed by atoms with van der Waals surface area (Å²) in [6.07, 6.45) is 3.72. The van der Waals surface area contributed by atoms with E-state index in [1.165, 1.54) is 0 Å². The number of fused-ring (bicyclic) bond motifs is 1. The molecule has 0 amide bonds. The first kappa shape index (κ1) is 12.8. The van der Waals surface area contributed by atoms with Gasteiger partial charge in [-0.1, -0.05) is 41.0 Å². The number of benzene rings is 1. The quantitative estimate of drug-likeness (QED) is 0.530. The Morgan fingerprint density at radius 2 is 1.91 bits per heavy atom. The van der Waals surface area contributed by atoms with E-state index in [4.69, 9.17) is 12.4 Å². The van der Waals surface area contributed by atoms with Crippen molar-refractivity contribution < 1.29 is 4.52 Å². The van der Waals surface area contributed by atoms with Crippen LogP contribution in [0.1, 0.15) is 5.56 Å². The first-order valence-corrected chi connectivity index (χ1v) is 6.84. The van der Waals surface area contributed by atoms with Crippen LogP contribution in [-0.2, 0) is 0 Å². The van der Waals surface area contributed by atoms with E-state index in [-0.39, 0.29) is 0 Å². The highest BCUT2D eigenvalue weighted by molar-refractivity contribution is 6.32. The first-order chi connectivity index (χ1) is 10.7. The number of nitrogens with zero attached hydrogens (tertiary/aromatic N) is 4. The van der Waals surface area contributed by atoms with Crippen LogP contribution in [0.25, 0.3) is 28.6 Å². The van der Waals surface area contributed by atoms with E-state index in [0.29, 0.717) is 17.2 Å². The molecule has 6 heteroatoms. The largest absolute Gasteiger partial charge is 0.332 e. The van der Waals surface area contributed by atoms with Crippen molar-refractivity contribution in [3.63, 3.8) is 0 Å². The zero-order chi connectivity index (χ0) is 15.1. The fraction of sp³-hybridized carbons (Fsp3) is 0.0625. The number of hydrogen-bond donors (Lipinski definition) is 0. The Kier molecular flexibility index (Phi) is 2.82. The Balaban J connectivity index is 1.80. The number of hydrogen-bond acceptors (Lipinski definition) is 4. The molecule has 22 heavy (non-hydrogen) atoms. The minimum atomic E-state index is 0.435. The van der Waals surface area contributed by atoms with Gasteiger partial charge in [-0.25, -0.2) is 4.98 Å². The zero-order valence-electron chi connectivity index (χ0n) is 11.9. The van der Waals surface area contributed by atoms with E-state index in [9.17, 15) is 0 Å². The van der Waals surface area contributed by atoms with Gasteiger partial charge in [0.1, 0.15) is 19.2 Å². The van der Waals surface area contributed by atoms with E-state index in [1.807, 2.05) is 53.9 Å². The van der Waals surface area contributed by atoms with Crippen LogP contribution in [0, 0.1) is 6.92 Å². The number of pyridine rings is 1. The molecule has 3 aromatic heterocycles. The summed E-state index contributed by atoms with van der Waals surface area (Å²) >= 11 is 0. The molecule has 0 bridgehead atoms. The van der Waals surface area contributed by atoms with Gasteiger partial charge in [-0.2, -0.15) is 4.98 Å². The normalized spacial score (nSPS) is 11.1. The predicted molar refractivity (Wildman–Crippen MR) is 84.0 cm³/mol. The fourth-order valence-corrected chi connectivity index (χ4v) is 2.32. The minimum absolute atomic E-state index is 0.435. The lowest BCUT2D eigenvalue weighted by Crippen LogP contribution is -1.99. The van der Waals surface area contributed by atoms with E-state index in [0.717, 1.165) is 22.5 Å². The molecule has 0 spiro atoms. The molecular formula is C16H11BN4O. The lowest BCUT2D eigenvalue weighted by molar-refractivity contribution is 0.430. The number of aromatic nitrogens is 4. The van der Waals surface area contributed by atoms with Crippen LogP contribution in [-0.4, -0.2) is 27.4 Å². The molecule has 0 unspecified atom stereocenters. The van der Waals surface area contributed by atoms with Gasteiger partial charge in [-0.15, -0.1) is 0 Å². The summed E-state index contributed by atoms with van der Waals surface area (Å²) in [5, 5.41) is 4.03.